The lowest BCUT2D eigenvalue weighted by Crippen LogP contribution is -2.10. The van der Waals surface area contributed by atoms with E-state index in [1.807, 2.05) is 6.92 Å². The summed E-state index contributed by atoms with van der Waals surface area (Å²) >= 11 is 0. The predicted octanol–water partition coefficient (Wildman–Crippen LogP) is 2.10. The number of aromatic nitrogens is 2. The molecule has 1 aromatic heterocycles. The highest BCUT2D eigenvalue weighted by molar-refractivity contribution is 6.08. The number of ketones is 1. The third-order valence-corrected chi connectivity index (χ3v) is 2.42. The SMILES string of the molecule is Cc1ccc(F)c(C(=O)c2ccnn2C)c1. The predicted molar refractivity (Wildman–Crippen MR) is 57.8 cm³/mol. The summed E-state index contributed by atoms with van der Waals surface area (Å²) in [6.07, 6.45) is 1.51. The second-order valence-electron chi connectivity index (χ2n) is 3.65. The van der Waals surface area contributed by atoms with Crippen LogP contribution >= 0.6 is 0 Å². The fraction of sp³-hybridized carbons (Fsp3) is 0.167. The molecule has 0 amide bonds. The molecule has 16 heavy (non-hydrogen) atoms. The van der Waals surface area contributed by atoms with Crippen LogP contribution in [0.25, 0.3) is 0 Å². The Hall–Kier alpha value is -1.97. The van der Waals surface area contributed by atoms with Gasteiger partial charge in [-0.15, -0.1) is 0 Å². The summed E-state index contributed by atoms with van der Waals surface area (Å²) in [5, 5.41) is 3.89. The lowest BCUT2D eigenvalue weighted by molar-refractivity contribution is 0.102. The quantitative estimate of drug-likeness (QED) is 0.723. The zero-order valence-corrected chi connectivity index (χ0v) is 9.07. The van der Waals surface area contributed by atoms with Crippen LogP contribution in [0, 0.1) is 12.7 Å². The van der Waals surface area contributed by atoms with Gasteiger partial charge in [-0.05, 0) is 25.1 Å². The molecule has 4 heteroatoms. The van der Waals surface area contributed by atoms with E-state index in [2.05, 4.69) is 5.10 Å². The van der Waals surface area contributed by atoms with Gasteiger partial charge in [0.25, 0.3) is 0 Å². The topological polar surface area (TPSA) is 34.9 Å². The molecule has 0 aliphatic heterocycles. The largest absolute Gasteiger partial charge is 0.287 e. The minimum atomic E-state index is -0.503. The van der Waals surface area contributed by atoms with E-state index in [0.717, 1.165) is 5.56 Å². The highest BCUT2D eigenvalue weighted by Crippen LogP contribution is 2.14. The molecule has 1 aromatic carbocycles. The van der Waals surface area contributed by atoms with Crippen molar-refractivity contribution >= 4 is 5.78 Å². The summed E-state index contributed by atoms with van der Waals surface area (Å²) < 4.78 is 14.9. The van der Waals surface area contributed by atoms with Crippen LogP contribution in [0.4, 0.5) is 4.39 Å². The van der Waals surface area contributed by atoms with Gasteiger partial charge in [-0.2, -0.15) is 5.10 Å². The Kier molecular flexibility index (Phi) is 2.56. The summed E-state index contributed by atoms with van der Waals surface area (Å²) in [6, 6.07) is 6.06. The second-order valence-corrected chi connectivity index (χ2v) is 3.65. The number of carbonyl (C=O) groups excluding carboxylic acids is 1. The summed E-state index contributed by atoms with van der Waals surface area (Å²) in [5.74, 6) is -0.849. The zero-order valence-electron chi connectivity index (χ0n) is 9.07. The van der Waals surface area contributed by atoms with Gasteiger partial charge in [0.15, 0.2) is 0 Å². The minimum Gasteiger partial charge on any atom is -0.287 e. The van der Waals surface area contributed by atoms with Crippen LogP contribution in [0.1, 0.15) is 21.6 Å². The van der Waals surface area contributed by atoms with Crippen LogP contribution in [-0.4, -0.2) is 15.6 Å². The Balaban J connectivity index is 2.49. The highest BCUT2D eigenvalue weighted by Gasteiger charge is 2.16. The van der Waals surface area contributed by atoms with E-state index in [-0.39, 0.29) is 11.3 Å². The molecule has 0 aliphatic carbocycles. The van der Waals surface area contributed by atoms with E-state index in [9.17, 15) is 9.18 Å². The summed E-state index contributed by atoms with van der Waals surface area (Å²) in [6.45, 7) is 1.82. The van der Waals surface area contributed by atoms with Crippen molar-refractivity contribution in [1.82, 2.24) is 9.78 Å². The van der Waals surface area contributed by atoms with Crippen molar-refractivity contribution in [3.05, 3.63) is 53.1 Å². The number of carbonyl (C=O) groups is 1. The standard InChI is InChI=1S/C12H11FN2O/c1-8-3-4-10(13)9(7-8)12(16)11-5-6-14-15(11)2/h3-7H,1-2H3. The highest BCUT2D eigenvalue weighted by atomic mass is 19.1. The van der Waals surface area contributed by atoms with Gasteiger partial charge in [0.2, 0.25) is 5.78 Å². The molecule has 0 bridgehead atoms. The third kappa shape index (κ3) is 1.74. The van der Waals surface area contributed by atoms with Gasteiger partial charge in [-0.3, -0.25) is 9.48 Å². The summed E-state index contributed by atoms with van der Waals surface area (Å²) in [5.41, 5.74) is 1.32. The van der Waals surface area contributed by atoms with Crippen LogP contribution in [0.2, 0.25) is 0 Å². The number of rotatable bonds is 2. The van der Waals surface area contributed by atoms with Gasteiger partial charge in [0.1, 0.15) is 11.5 Å². The molecule has 2 aromatic rings. The maximum absolute atomic E-state index is 13.5. The smallest absolute Gasteiger partial charge is 0.213 e. The third-order valence-electron chi connectivity index (χ3n) is 2.42. The fourth-order valence-corrected chi connectivity index (χ4v) is 1.55. The van der Waals surface area contributed by atoms with Gasteiger partial charge < -0.3 is 0 Å². The number of hydrogen-bond donors (Lipinski definition) is 0. The average molecular weight is 218 g/mol. The van der Waals surface area contributed by atoms with E-state index >= 15 is 0 Å². The first-order valence-corrected chi connectivity index (χ1v) is 4.88. The van der Waals surface area contributed by atoms with Gasteiger partial charge >= 0.3 is 0 Å². The van der Waals surface area contributed by atoms with Gasteiger partial charge in [-0.25, -0.2) is 4.39 Å². The molecule has 0 aliphatic rings. The summed E-state index contributed by atoms with van der Waals surface area (Å²) in [7, 11) is 1.65. The van der Waals surface area contributed by atoms with Crippen LogP contribution < -0.4 is 0 Å². The van der Waals surface area contributed by atoms with Gasteiger partial charge in [0, 0.05) is 13.2 Å². The number of benzene rings is 1. The van der Waals surface area contributed by atoms with Crippen molar-refractivity contribution in [3.8, 4) is 0 Å². The molecule has 0 N–H and O–H groups in total. The van der Waals surface area contributed by atoms with E-state index < -0.39 is 5.82 Å². The monoisotopic (exact) mass is 218 g/mol. The Morgan fingerprint density at radius 3 is 2.75 bits per heavy atom. The average Bonchev–Trinajstić information content (AvgIpc) is 2.67. The van der Waals surface area contributed by atoms with Crippen molar-refractivity contribution < 1.29 is 9.18 Å². The van der Waals surface area contributed by atoms with Gasteiger partial charge in [0.05, 0.1) is 5.56 Å². The van der Waals surface area contributed by atoms with Crippen LogP contribution in [-0.2, 0) is 7.05 Å². The number of halogens is 1. The number of hydrogen-bond acceptors (Lipinski definition) is 2. The maximum atomic E-state index is 13.5. The minimum absolute atomic E-state index is 0.0867. The molecular formula is C12H11FN2O. The first kappa shape index (κ1) is 10.5. The number of nitrogens with zero attached hydrogens (tertiary/aromatic N) is 2. The molecule has 0 atom stereocenters. The molecule has 0 saturated carbocycles. The molecule has 0 fully saturated rings. The van der Waals surface area contributed by atoms with E-state index in [1.165, 1.54) is 16.9 Å². The Bertz CT molecular complexity index is 546. The molecule has 0 radical (unpaired) electrons. The van der Waals surface area contributed by atoms with E-state index in [4.69, 9.17) is 0 Å². The Morgan fingerprint density at radius 2 is 2.12 bits per heavy atom. The maximum Gasteiger partial charge on any atom is 0.213 e. The van der Waals surface area contributed by atoms with Crippen molar-refractivity contribution in [2.24, 2.45) is 7.05 Å². The van der Waals surface area contributed by atoms with E-state index in [0.29, 0.717) is 5.69 Å². The van der Waals surface area contributed by atoms with Crippen molar-refractivity contribution in [1.29, 1.82) is 0 Å². The molecule has 0 saturated heterocycles. The lowest BCUT2D eigenvalue weighted by Gasteiger charge is -2.04. The lowest BCUT2D eigenvalue weighted by atomic mass is 10.1. The second kappa shape index (κ2) is 3.89. The normalized spacial score (nSPS) is 10.4. The molecule has 1 heterocycles. The van der Waals surface area contributed by atoms with Crippen molar-refractivity contribution in [2.45, 2.75) is 6.92 Å². The molecule has 82 valence electrons. The molecule has 0 unspecified atom stereocenters. The fourth-order valence-electron chi connectivity index (χ4n) is 1.55. The van der Waals surface area contributed by atoms with Crippen LogP contribution in [0.5, 0.6) is 0 Å². The van der Waals surface area contributed by atoms with Gasteiger partial charge in [-0.1, -0.05) is 11.6 Å². The van der Waals surface area contributed by atoms with Crippen LogP contribution in [0.15, 0.2) is 30.5 Å². The molecule has 3 nitrogen and oxygen atoms in total. The molecule has 2 rings (SSSR count). The van der Waals surface area contributed by atoms with Crippen LogP contribution in [0.3, 0.4) is 0 Å². The Labute approximate surface area is 92.5 Å². The Morgan fingerprint density at radius 1 is 1.38 bits per heavy atom. The van der Waals surface area contributed by atoms with Crippen molar-refractivity contribution in [2.75, 3.05) is 0 Å². The molecule has 0 spiro atoms. The van der Waals surface area contributed by atoms with E-state index in [1.54, 1.807) is 25.2 Å². The first-order chi connectivity index (χ1) is 7.59. The van der Waals surface area contributed by atoms with Crippen molar-refractivity contribution in [3.63, 3.8) is 0 Å². The zero-order chi connectivity index (χ0) is 11.7. The number of aryl methyl sites for hydroxylation is 2. The molecular weight excluding hydrogens is 207 g/mol. The first-order valence-electron chi connectivity index (χ1n) is 4.88. The summed E-state index contributed by atoms with van der Waals surface area (Å²) in [4.78, 5) is 12.0.